The van der Waals surface area contributed by atoms with Gasteiger partial charge in [-0.25, -0.2) is 15.0 Å². The number of hydrogen-bond donors (Lipinski definition) is 1. The minimum absolute atomic E-state index is 0.206. The van der Waals surface area contributed by atoms with E-state index in [1.54, 1.807) is 12.5 Å². The fraction of sp³-hybridized carbons (Fsp3) is 0.273. The molecule has 0 bridgehead atoms. The molecule has 6 heteroatoms. The number of fused-ring (bicyclic) bond motifs is 1. The summed E-state index contributed by atoms with van der Waals surface area (Å²) in [5, 5.41) is 8.78. The molecule has 0 radical (unpaired) electrons. The summed E-state index contributed by atoms with van der Waals surface area (Å²) in [5.41, 5.74) is 2.24. The standard InChI is InChI=1S/C11H10N6/c12-5-10-13-3-1-11(16-10)17-4-2-8-9(6-17)15-7-14-8/h1,3,7H,2,4,6H2,(H,14,15). The fourth-order valence-corrected chi connectivity index (χ4v) is 1.99. The zero-order chi connectivity index (χ0) is 11.7. The minimum Gasteiger partial charge on any atom is -0.350 e. The van der Waals surface area contributed by atoms with Crippen LogP contribution >= 0.6 is 0 Å². The third kappa shape index (κ3) is 1.72. The lowest BCUT2D eigenvalue weighted by Gasteiger charge is -2.26. The molecule has 0 atom stereocenters. The second kappa shape index (κ2) is 3.87. The topological polar surface area (TPSA) is 81.5 Å². The van der Waals surface area contributed by atoms with E-state index >= 15 is 0 Å². The van der Waals surface area contributed by atoms with E-state index in [-0.39, 0.29) is 5.82 Å². The van der Waals surface area contributed by atoms with Crippen LogP contribution in [-0.2, 0) is 13.0 Å². The van der Waals surface area contributed by atoms with E-state index in [0.29, 0.717) is 0 Å². The molecule has 0 amide bonds. The first kappa shape index (κ1) is 9.78. The average Bonchev–Trinajstić information content (AvgIpc) is 2.86. The number of rotatable bonds is 1. The lowest BCUT2D eigenvalue weighted by Crippen LogP contribution is -2.31. The Bertz CT molecular complexity index is 582. The average molecular weight is 226 g/mol. The summed E-state index contributed by atoms with van der Waals surface area (Å²) in [7, 11) is 0. The van der Waals surface area contributed by atoms with Gasteiger partial charge in [0.15, 0.2) is 0 Å². The van der Waals surface area contributed by atoms with E-state index in [0.717, 1.165) is 36.7 Å². The van der Waals surface area contributed by atoms with Crippen molar-refractivity contribution in [1.29, 1.82) is 5.26 Å². The molecule has 1 aliphatic heterocycles. The van der Waals surface area contributed by atoms with Crippen LogP contribution in [0.25, 0.3) is 0 Å². The lowest BCUT2D eigenvalue weighted by atomic mass is 10.1. The molecule has 0 aliphatic carbocycles. The first-order valence-corrected chi connectivity index (χ1v) is 5.36. The zero-order valence-corrected chi connectivity index (χ0v) is 9.09. The van der Waals surface area contributed by atoms with Crippen molar-refractivity contribution in [2.24, 2.45) is 0 Å². The maximum Gasteiger partial charge on any atom is 0.234 e. The number of nitrogens with zero attached hydrogens (tertiary/aromatic N) is 5. The fourth-order valence-electron chi connectivity index (χ4n) is 1.99. The number of anilines is 1. The highest BCUT2D eigenvalue weighted by Crippen LogP contribution is 2.20. The highest BCUT2D eigenvalue weighted by molar-refractivity contribution is 5.41. The SMILES string of the molecule is N#Cc1nccc(N2CCc3nc[nH]c3C2)n1. The van der Waals surface area contributed by atoms with Crippen LogP contribution in [-0.4, -0.2) is 26.5 Å². The van der Waals surface area contributed by atoms with Crippen molar-refractivity contribution in [3.05, 3.63) is 35.8 Å². The van der Waals surface area contributed by atoms with Gasteiger partial charge in [0.1, 0.15) is 11.9 Å². The Morgan fingerprint density at radius 3 is 3.24 bits per heavy atom. The molecule has 3 rings (SSSR count). The summed E-state index contributed by atoms with van der Waals surface area (Å²) in [5.74, 6) is 0.995. The monoisotopic (exact) mass is 226 g/mol. The van der Waals surface area contributed by atoms with Crippen LogP contribution in [0.15, 0.2) is 18.6 Å². The number of aromatic nitrogens is 4. The summed E-state index contributed by atoms with van der Waals surface area (Å²) in [6, 6.07) is 3.77. The molecular weight excluding hydrogens is 216 g/mol. The van der Waals surface area contributed by atoms with Gasteiger partial charge < -0.3 is 9.88 Å². The molecule has 0 saturated heterocycles. The summed E-state index contributed by atoms with van der Waals surface area (Å²) in [4.78, 5) is 17.5. The maximum absolute atomic E-state index is 8.78. The predicted molar refractivity (Wildman–Crippen MR) is 60.1 cm³/mol. The van der Waals surface area contributed by atoms with Crippen molar-refractivity contribution in [3.8, 4) is 6.07 Å². The van der Waals surface area contributed by atoms with Crippen molar-refractivity contribution in [2.45, 2.75) is 13.0 Å². The van der Waals surface area contributed by atoms with Crippen LogP contribution in [0.3, 0.4) is 0 Å². The zero-order valence-electron chi connectivity index (χ0n) is 9.09. The molecule has 6 nitrogen and oxygen atoms in total. The van der Waals surface area contributed by atoms with Gasteiger partial charge in [0.2, 0.25) is 5.82 Å². The largest absolute Gasteiger partial charge is 0.350 e. The number of H-pyrrole nitrogens is 1. The number of nitriles is 1. The normalized spacial score (nSPS) is 14.2. The predicted octanol–water partition coefficient (Wildman–Crippen LogP) is 0.634. The minimum atomic E-state index is 0.206. The van der Waals surface area contributed by atoms with Gasteiger partial charge in [0, 0.05) is 19.2 Å². The van der Waals surface area contributed by atoms with E-state index in [2.05, 4.69) is 24.8 Å². The van der Waals surface area contributed by atoms with E-state index in [1.165, 1.54) is 0 Å². The van der Waals surface area contributed by atoms with Gasteiger partial charge in [-0.05, 0) is 6.07 Å². The van der Waals surface area contributed by atoms with Crippen molar-refractivity contribution in [3.63, 3.8) is 0 Å². The highest BCUT2D eigenvalue weighted by atomic mass is 15.2. The summed E-state index contributed by atoms with van der Waals surface area (Å²) >= 11 is 0. The second-order valence-corrected chi connectivity index (χ2v) is 3.85. The first-order chi connectivity index (χ1) is 8.36. The molecule has 0 fully saturated rings. The van der Waals surface area contributed by atoms with Crippen LogP contribution < -0.4 is 4.90 Å². The Morgan fingerprint density at radius 1 is 1.41 bits per heavy atom. The molecule has 0 unspecified atom stereocenters. The van der Waals surface area contributed by atoms with E-state index in [1.807, 2.05) is 12.1 Å². The quantitative estimate of drug-likeness (QED) is 0.771. The summed E-state index contributed by atoms with van der Waals surface area (Å²) in [6.07, 6.45) is 4.23. The number of aromatic amines is 1. The molecular formula is C11H10N6. The Labute approximate surface area is 98.0 Å². The van der Waals surface area contributed by atoms with Gasteiger partial charge in [-0.3, -0.25) is 0 Å². The smallest absolute Gasteiger partial charge is 0.234 e. The Hall–Kier alpha value is -2.42. The number of hydrogen-bond acceptors (Lipinski definition) is 5. The van der Waals surface area contributed by atoms with Gasteiger partial charge in [-0.2, -0.15) is 5.26 Å². The molecule has 0 aromatic carbocycles. The second-order valence-electron chi connectivity index (χ2n) is 3.85. The number of nitrogens with one attached hydrogen (secondary N) is 1. The third-order valence-electron chi connectivity index (χ3n) is 2.84. The number of imidazole rings is 1. The van der Waals surface area contributed by atoms with Crippen LogP contribution in [0.1, 0.15) is 17.2 Å². The molecule has 2 aromatic heterocycles. The third-order valence-corrected chi connectivity index (χ3v) is 2.84. The molecule has 3 heterocycles. The maximum atomic E-state index is 8.78. The molecule has 0 saturated carbocycles. The van der Waals surface area contributed by atoms with E-state index in [9.17, 15) is 0 Å². The Morgan fingerprint density at radius 2 is 2.35 bits per heavy atom. The molecule has 1 aliphatic rings. The summed E-state index contributed by atoms with van der Waals surface area (Å²) < 4.78 is 0. The Kier molecular flexibility index (Phi) is 2.22. The van der Waals surface area contributed by atoms with Crippen LogP contribution in [0.4, 0.5) is 5.82 Å². The van der Waals surface area contributed by atoms with E-state index in [4.69, 9.17) is 5.26 Å². The van der Waals surface area contributed by atoms with Crippen molar-refractivity contribution >= 4 is 5.82 Å². The lowest BCUT2D eigenvalue weighted by molar-refractivity contribution is 0.699. The van der Waals surface area contributed by atoms with Crippen LogP contribution in [0.5, 0.6) is 0 Å². The van der Waals surface area contributed by atoms with E-state index < -0.39 is 0 Å². The molecule has 17 heavy (non-hydrogen) atoms. The van der Waals surface area contributed by atoms with Gasteiger partial charge >= 0.3 is 0 Å². The first-order valence-electron chi connectivity index (χ1n) is 5.36. The Balaban J connectivity index is 1.89. The van der Waals surface area contributed by atoms with Crippen molar-refractivity contribution in [1.82, 2.24) is 19.9 Å². The molecule has 84 valence electrons. The molecule has 2 aromatic rings. The molecule has 0 spiro atoms. The highest BCUT2D eigenvalue weighted by Gasteiger charge is 2.19. The van der Waals surface area contributed by atoms with Gasteiger partial charge in [0.05, 0.1) is 24.3 Å². The summed E-state index contributed by atoms with van der Waals surface area (Å²) in [6.45, 7) is 1.61. The van der Waals surface area contributed by atoms with Crippen molar-refractivity contribution < 1.29 is 0 Å². The van der Waals surface area contributed by atoms with Crippen molar-refractivity contribution in [2.75, 3.05) is 11.4 Å². The van der Waals surface area contributed by atoms with Gasteiger partial charge in [-0.1, -0.05) is 0 Å². The van der Waals surface area contributed by atoms with Gasteiger partial charge in [0.25, 0.3) is 0 Å². The van der Waals surface area contributed by atoms with Gasteiger partial charge in [-0.15, -0.1) is 0 Å². The van der Waals surface area contributed by atoms with Crippen LogP contribution in [0.2, 0.25) is 0 Å². The molecule has 1 N–H and O–H groups in total. The van der Waals surface area contributed by atoms with Crippen LogP contribution in [0, 0.1) is 11.3 Å².